The van der Waals surface area contributed by atoms with E-state index in [-0.39, 0.29) is 0 Å². The second-order valence-electron chi connectivity index (χ2n) is 3.54. The summed E-state index contributed by atoms with van der Waals surface area (Å²) in [6, 6.07) is 0.448. The molecule has 1 N–H and O–H groups in total. The number of hydrogen-bond acceptors (Lipinski definition) is 3. The lowest BCUT2D eigenvalue weighted by atomic mass is 10.2. The number of nitrogens with one attached hydrogen (secondary N) is 1. The number of nitrogens with zero attached hydrogens (tertiary/aromatic N) is 1. The third-order valence-corrected chi connectivity index (χ3v) is 3.59. The molecule has 0 amide bonds. The molecule has 3 heteroatoms. The molecule has 0 saturated heterocycles. The summed E-state index contributed by atoms with van der Waals surface area (Å²) in [6.45, 7) is 6.55. The van der Waals surface area contributed by atoms with Crippen molar-refractivity contribution in [2.45, 2.75) is 46.1 Å². The number of hydrogen-bond donors (Lipinski definition) is 1. The largest absolute Gasteiger partial charge is 0.311 e. The Morgan fingerprint density at radius 2 is 2.14 bits per heavy atom. The van der Waals surface area contributed by atoms with Crippen molar-refractivity contribution in [2.75, 3.05) is 7.05 Å². The van der Waals surface area contributed by atoms with Crippen molar-refractivity contribution < 1.29 is 0 Å². The van der Waals surface area contributed by atoms with E-state index in [1.165, 1.54) is 28.4 Å². The Labute approximate surface area is 90.8 Å². The van der Waals surface area contributed by atoms with Crippen molar-refractivity contribution in [3.63, 3.8) is 0 Å². The molecule has 1 aromatic heterocycles. The summed E-state index contributed by atoms with van der Waals surface area (Å²) in [5, 5.41) is 4.59. The maximum atomic E-state index is 4.67. The molecule has 0 spiro atoms. The number of aryl methyl sites for hydroxylation is 2. The van der Waals surface area contributed by atoms with Crippen LogP contribution < -0.4 is 5.32 Å². The van der Waals surface area contributed by atoms with Gasteiger partial charge in [0.2, 0.25) is 0 Å². The first kappa shape index (κ1) is 11.7. The Morgan fingerprint density at radius 1 is 1.43 bits per heavy atom. The quantitative estimate of drug-likeness (QED) is 0.811. The van der Waals surface area contributed by atoms with Gasteiger partial charge in [0.1, 0.15) is 5.01 Å². The summed E-state index contributed by atoms with van der Waals surface area (Å²) in [4.78, 5) is 6.05. The summed E-state index contributed by atoms with van der Waals surface area (Å²) in [6.07, 6.45) is 3.42. The van der Waals surface area contributed by atoms with Crippen LogP contribution in [0, 0.1) is 6.92 Å². The fourth-order valence-corrected chi connectivity index (χ4v) is 2.76. The monoisotopic (exact) mass is 212 g/mol. The van der Waals surface area contributed by atoms with Gasteiger partial charge >= 0.3 is 0 Å². The molecule has 1 atom stereocenters. The molecule has 1 rings (SSSR count). The lowest BCUT2D eigenvalue weighted by molar-refractivity contribution is 0.538. The summed E-state index contributed by atoms with van der Waals surface area (Å²) < 4.78 is 0. The Bertz CT molecular complexity index is 281. The predicted octanol–water partition coefficient (Wildman–Crippen LogP) is 3.07. The van der Waals surface area contributed by atoms with Gasteiger partial charge in [0.05, 0.1) is 11.7 Å². The van der Waals surface area contributed by atoms with Gasteiger partial charge in [0, 0.05) is 4.88 Å². The van der Waals surface area contributed by atoms with Gasteiger partial charge in [-0.05, 0) is 26.8 Å². The SMILES string of the molecule is CCCC(NC)c1nc(CC)c(C)s1. The maximum Gasteiger partial charge on any atom is 0.110 e. The number of thiazole rings is 1. The van der Waals surface area contributed by atoms with E-state index in [2.05, 4.69) is 31.1 Å². The number of rotatable bonds is 5. The Kier molecular flexibility index (Phi) is 4.55. The van der Waals surface area contributed by atoms with Crippen LogP contribution >= 0.6 is 11.3 Å². The van der Waals surface area contributed by atoms with E-state index in [0.29, 0.717) is 6.04 Å². The average Bonchev–Trinajstić information content (AvgIpc) is 2.56. The molecular formula is C11H20N2S. The fourth-order valence-electron chi connectivity index (χ4n) is 1.61. The molecule has 0 radical (unpaired) electrons. The molecule has 0 bridgehead atoms. The highest BCUT2D eigenvalue weighted by Crippen LogP contribution is 2.26. The van der Waals surface area contributed by atoms with Crippen LogP contribution in [0.4, 0.5) is 0 Å². The molecule has 0 aliphatic heterocycles. The van der Waals surface area contributed by atoms with Crippen LogP contribution in [0.25, 0.3) is 0 Å². The van der Waals surface area contributed by atoms with Gasteiger partial charge in [-0.15, -0.1) is 11.3 Å². The van der Waals surface area contributed by atoms with Crippen molar-refractivity contribution in [1.82, 2.24) is 10.3 Å². The lowest BCUT2D eigenvalue weighted by Crippen LogP contribution is -2.15. The molecule has 0 fully saturated rings. The topological polar surface area (TPSA) is 24.9 Å². The molecule has 0 aliphatic rings. The van der Waals surface area contributed by atoms with Crippen LogP contribution in [0.2, 0.25) is 0 Å². The van der Waals surface area contributed by atoms with Crippen molar-refractivity contribution >= 4 is 11.3 Å². The van der Waals surface area contributed by atoms with E-state index in [1.807, 2.05) is 18.4 Å². The first-order chi connectivity index (χ1) is 6.72. The Balaban J connectivity index is 2.82. The molecule has 0 aromatic carbocycles. The van der Waals surface area contributed by atoms with Crippen molar-refractivity contribution in [2.24, 2.45) is 0 Å². The molecular weight excluding hydrogens is 192 g/mol. The van der Waals surface area contributed by atoms with Gasteiger partial charge in [-0.25, -0.2) is 4.98 Å². The molecule has 1 heterocycles. The normalized spacial score (nSPS) is 13.1. The summed E-state index contributed by atoms with van der Waals surface area (Å²) in [7, 11) is 2.02. The highest BCUT2D eigenvalue weighted by molar-refractivity contribution is 7.11. The summed E-state index contributed by atoms with van der Waals surface area (Å²) in [5.74, 6) is 0. The predicted molar refractivity (Wildman–Crippen MR) is 62.9 cm³/mol. The Morgan fingerprint density at radius 3 is 2.57 bits per heavy atom. The van der Waals surface area contributed by atoms with E-state index in [9.17, 15) is 0 Å². The van der Waals surface area contributed by atoms with E-state index < -0.39 is 0 Å². The molecule has 0 saturated carbocycles. The first-order valence-electron chi connectivity index (χ1n) is 5.36. The second kappa shape index (κ2) is 5.47. The van der Waals surface area contributed by atoms with Crippen LogP contribution in [-0.2, 0) is 6.42 Å². The van der Waals surface area contributed by atoms with Crippen LogP contribution in [0.1, 0.15) is 48.3 Å². The minimum absolute atomic E-state index is 0.448. The molecule has 0 aliphatic carbocycles. The minimum atomic E-state index is 0.448. The standard InChI is InChI=1S/C11H20N2S/c1-5-7-10(12-4)11-13-9(6-2)8(3)14-11/h10,12H,5-7H2,1-4H3. The van der Waals surface area contributed by atoms with E-state index in [0.717, 1.165) is 6.42 Å². The zero-order valence-electron chi connectivity index (χ0n) is 9.55. The van der Waals surface area contributed by atoms with Crippen LogP contribution in [0.5, 0.6) is 0 Å². The second-order valence-corrected chi connectivity index (χ2v) is 4.77. The van der Waals surface area contributed by atoms with E-state index in [4.69, 9.17) is 0 Å². The zero-order valence-corrected chi connectivity index (χ0v) is 10.4. The fraction of sp³-hybridized carbons (Fsp3) is 0.727. The minimum Gasteiger partial charge on any atom is -0.311 e. The summed E-state index contributed by atoms with van der Waals surface area (Å²) in [5.41, 5.74) is 1.27. The molecule has 80 valence electrons. The van der Waals surface area contributed by atoms with Crippen LogP contribution in [0.3, 0.4) is 0 Å². The third kappa shape index (κ3) is 2.55. The van der Waals surface area contributed by atoms with Crippen LogP contribution in [0.15, 0.2) is 0 Å². The maximum absolute atomic E-state index is 4.67. The molecule has 1 aromatic rings. The van der Waals surface area contributed by atoms with Gasteiger partial charge < -0.3 is 5.32 Å². The summed E-state index contributed by atoms with van der Waals surface area (Å²) >= 11 is 1.84. The van der Waals surface area contributed by atoms with Gasteiger partial charge in [-0.2, -0.15) is 0 Å². The van der Waals surface area contributed by atoms with Gasteiger partial charge in [0.25, 0.3) is 0 Å². The highest BCUT2D eigenvalue weighted by Gasteiger charge is 2.14. The van der Waals surface area contributed by atoms with Crippen molar-refractivity contribution in [3.05, 3.63) is 15.6 Å². The molecule has 2 nitrogen and oxygen atoms in total. The van der Waals surface area contributed by atoms with E-state index >= 15 is 0 Å². The average molecular weight is 212 g/mol. The first-order valence-corrected chi connectivity index (χ1v) is 6.18. The van der Waals surface area contributed by atoms with Gasteiger partial charge in [-0.3, -0.25) is 0 Å². The van der Waals surface area contributed by atoms with Crippen LogP contribution in [-0.4, -0.2) is 12.0 Å². The van der Waals surface area contributed by atoms with Gasteiger partial charge in [-0.1, -0.05) is 20.3 Å². The van der Waals surface area contributed by atoms with E-state index in [1.54, 1.807) is 0 Å². The van der Waals surface area contributed by atoms with Crippen molar-refractivity contribution in [1.29, 1.82) is 0 Å². The molecule has 14 heavy (non-hydrogen) atoms. The smallest absolute Gasteiger partial charge is 0.110 e. The third-order valence-electron chi connectivity index (χ3n) is 2.47. The number of aromatic nitrogens is 1. The van der Waals surface area contributed by atoms with Crippen molar-refractivity contribution in [3.8, 4) is 0 Å². The zero-order chi connectivity index (χ0) is 10.6. The lowest BCUT2D eigenvalue weighted by Gasteiger charge is -2.11. The molecule has 1 unspecified atom stereocenters. The highest BCUT2D eigenvalue weighted by atomic mass is 32.1. The van der Waals surface area contributed by atoms with Gasteiger partial charge in [0.15, 0.2) is 0 Å². The Hall–Kier alpha value is -0.410.